The first-order valence-corrected chi connectivity index (χ1v) is 20.7. The van der Waals surface area contributed by atoms with Gasteiger partial charge in [0, 0.05) is 42.3 Å². The molecule has 2 aromatic heterocycles. The Labute approximate surface area is 342 Å². The standard InChI is InChI=1S/C55H38N2S/c1-55(2)48-19-11-9-17-44(48)45-27-25-40(33-49(45)55)36-21-23-38(24-22-36)54-56-50(37-15-7-4-8-16-37)34-51(57-54)43-30-41(35-13-5-3-6-14-35)29-42(31-43)39-26-28-53-47(32-39)46-18-10-12-20-52(46)58-53/h3-34H,1-2H3. The summed E-state index contributed by atoms with van der Waals surface area (Å²) in [7, 11) is 0. The van der Waals surface area contributed by atoms with Gasteiger partial charge in [0.05, 0.1) is 11.4 Å². The maximum absolute atomic E-state index is 5.33. The molecule has 0 N–H and O–H groups in total. The van der Waals surface area contributed by atoms with E-state index in [9.17, 15) is 0 Å². The first-order valence-electron chi connectivity index (χ1n) is 19.9. The number of thiophene rings is 1. The lowest BCUT2D eigenvalue weighted by Crippen LogP contribution is -2.14. The van der Waals surface area contributed by atoms with Crippen molar-refractivity contribution in [3.05, 3.63) is 205 Å². The van der Waals surface area contributed by atoms with Gasteiger partial charge in [-0.2, -0.15) is 0 Å². The van der Waals surface area contributed by atoms with Gasteiger partial charge in [0.1, 0.15) is 0 Å². The van der Waals surface area contributed by atoms with Crippen molar-refractivity contribution in [1.29, 1.82) is 0 Å². The van der Waals surface area contributed by atoms with Gasteiger partial charge in [0.25, 0.3) is 0 Å². The van der Waals surface area contributed by atoms with Crippen molar-refractivity contribution >= 4 is 31.5 Å². The molecular weight excluding hydrogens is 721 g/mol. The zero-order chi connectivity index (χ0) is 38.8. The maximum Gasteiger partial charge on any atom is 0.160 e. The zero-order valence-corrected chi connectivity index (χ0v) is 33.1. The third-order valence-corrected chi connectivity index (χ3v) is 13.1. The summed E-state index contributed by atoms with van der Waals surface area (Å²) in [6, 6.07) is 70.2. The van der Waals surface area contributed by atoms with Crippen LogP contribution in [0.2, 0.25) is 0 Å². The fourth-order valence-corrected chi connectivity index (χ4v) is 9.91. The lowest BCUT2D eigenvalue weighted by atomic mass is 9.81. The first kappa shape index (κ1) is 34.3. The SMILES string of the molecule is CC1(C)c2ccccc2-c2ccc(-c3ccc(-c4nc(-c5ccccc5)cc(-c5cc(-c6ccccc6)cc(-c6ccc7sc8ccccc8c7c6)c5)n4)cc3)cc21. The Kier molecular flexibility index (Phi) is 8.06. The molecule has 0 radical (unpaired) electrons. The molecule has 0 bridgehead atoms. The number of hydrogen-bond acceptors (Lipinski definition) is 3. The van der Waals surface area contributed by atoms with Crippen molar-refractivity contribution in [2.24, 2.45) is 0 Å². The molecule has 0 amide bonds. The van der Waals surface area contributed by atoms with Crippen LogP contribution in [-0.4, -0.2) is 9.97 Å². The van der Waals surface area contributed by atoms with Crippen molar-refractivity contribution in [2.45, 2.75) is 19.3 Å². The summed E-state index contributed by atoms with van der Waals surface area (Å²) >= 11 is 1.85. The third kappa shape index (κ3) is 5.86. The number of aromatic nitrogens is 2. The summed E-state index contributed by atoms with van der Waals surface area (Å²) in [6.07, 6.45) is 0. The van der Waals surface area contributed by atoms with E-state index in [0.29, 0.717) is 5.82 Å². The molecular formula is C55H38N2S. The average molecular weight is 759 g/mol. The van der Waals surface area contributed by atoms with Crippen LogP contribution in [0.25, 0.3) is 98.6 Å². The van der Waals surface area contributed by atoms with Crippen LogP contribution in [0.3, 0.4) is 0 Å². The summed E-state index contributed by atoms with van der Waals surface area (Å²) in [5.41, 5.74) is 17.3. The van der Waals surface area contributed by atoms with E-state index in [1.54, 1.807) is 0 Å². The van der Waals surface area contributed by atoms with Crippen molar-refractivity contribution in [3.63, 3.8) is 0 Å². The van der Waals surface area contributed by atoms with Gasteiger partial charge in [0.15, 0.2) is 5.82 Å². The minimum absolute atomic E-state index is 0.0489. The summed E-state index contributed by atoms with van der Waals surface area (Å²) in [5, 5.41) is 2.59. The van der Waals surface area contributed by atoms with E-state index in [0.717, 1.165) is 39.2 Å². The van der Waals surface area contributed by atoms with Crippen molar-refractivity contribution in [1.82, 2.24) is 9.97 Å². The van der Waals surface area contributed by atoms with Gasteiger partial charge in [-0.1, -0.05) is 159 Å². The van der Waals surface area contributed by atoms with Gasteiger partial charge in [0.2, 0.25) is 0 Å². The Bertz CT molecular complexity index is 3180. The van der Waals surface area contributed by atoms with Crippen molar-refractivity contribution in [2.75, 3.05) is 0 Å². The Balaban J connectivity index is 1.03. The predicted octanol–water partition coefficient (Wildman–Crippen LogP) is 15.2. The van der Waals surface area contributed by atoms with E-state index in [-0.39, 0.29) is 5.41 Å². The molecule has 0 atom stereocenters. The minimum atomic E-state index is -0.0489. The van der Waals surface area contributed by atoms with Crippen LogP contribution < -0.4 is 0 Å². The topological polar surface area (TPSA) is 25.8 Å². The van der Waals surface area contributed by atoms with E-state index >= 15 is 0 Å². The number of rotatable bonds is 6. The fourth-order valence-electron chi connectivity index (χ4n) is 8.82. The first-order chi connectivity index (χ1) is 28.5. The second kappa shape index (κ2) is 13.6. The monoisotopic (exact) mass is 758 g/mol. The van der Waals surface area contributed by atoms with Gasteiger partial charge < -0.3 is 0 Å². The molecule has 2 nitrogen and oxygen atoms in total. The molecule has 0 saturated carbocycles. The predicted molar refractivity (Wildman–Crippen MR) is 245 cm³/mol. The molecule has 11 rings (SSSR count). The highest BCUT2D eigenvalue weighted by Gasteiger charge is 2.35. The number of benzene rings is 8. The quantitative estimate of drug-likeness (QED) is 0.169. The summed E-state index contributed by atoms with van der Waals surface area (Å²) in [5.74, 6) is 0.700. The molecule has 1 aliphatic rings. The highest BCUT2D eigenvalue weighted by Crippen LogP contribution is 2.49. The molecule has 0 fully saturated rings. The van der Waals surface area contributed by atoms with E-state index in [4.69, 9.17) is 9.97 Å². The van der Waals surface area contributed by atoms with E-state index < -0.39 is 0 Å². The number of nitrogens with zero attached hydrogens (tertiary/aromatic N) is 2. The summed E-state index contributed by atoms with van der Waals surface area (Å²) < 4.78 is 2.61. The molecule has 10 aromatic rings. The number of fused-ring (bicyclic) bond motifs is 6. The van der Waals surface area contributed by atoms with Gasteiger partial charge in [-0.05, 0) is 104 Å². The highest BCUT2D eigenvalue weighted by atomic mass is 32.1. The van der Waals surface area contributed by atoms with E-state index in [1.165, 1.54) is 64.7 Å². The zero-order valence-electron chi connectivity index (χ0n) is 32.3. The van der Waals surface area contributed by atoms with Crippen LogP contribution in [0.5, 0.6) is 0 Å². The maximum atomic E-state index is 5.33. The smallest absolute Gasteiger partial charge is 0.160 e. The normalized spacial score (nSPS) is 12.8. The Morgan fingerprint density at radius 2 is 0.879 bits per heavy atom. The van der Waals surface area contributed by atoms with Crippen LogP contribution in [0, 0.1) is 0 Å². The van der Waals surface area contributed by atoms with Crippen LogP contribution >= 0.6 is 11.3 Å². The van der Waals surface area contributed by atoms with Crippen LogP contribution in [0.1, 0.15) is 25.0 Å². The van der Waals surface area contributed by atoms with Crippen LogP contribution in [-0.2, 0) is 5.41 Å². The van der Waals surface area contributed by atoms with Gasteiger partial charge in [-0.15, -0.1) is 11.3 Å². The molecule has 58 heavy (non-hydrogen) atoms. The molecule has 2 heterocycles. The molecule has 0 aliphatic heterocycles. The molecule has 274 valence electrons. The Morgan fingerprint density at radius 1 is 0.345 bits per heavy atom. The second-order valence-electron chi connectivity index (χ2n) is 15.8. The van der Waals surface area contributed by atoms with Gasteiger partial charge >= 0.3 is 0 Å². The molecule has 0 unspecified atom stereocenters. The third-order valence-electron chi connectivity index (χ3n) is 11.9. The second-order valence-corrected chi connectivity index (χ2v) is 16.9. The Hall–Kier alpha value is -6.94. The molecule has 0 saturated heterocycles. The fraction of sp³-hybridized carbons (Fsp3) is 0.0545. The van der Waals surface area contributed by atoms with Gasteiger partial charge in [-0.3, -0.25) is 0 Å². The van der Waals surface area contributed by atoms with Crippen molar-refractivity contribution in [3.8, 4) is 78.4 Å². The van der Waals surface area contributed by atoms with E-state index in [1.807, 2.05) is 17.4 Å². The minimum Gasteiger partial charge on any atom is -0.228 e. The summed E-state index contributed by atoms with van der Waals surface area (Å²) in [4.78, 5) is 10.5. The molecule has 8 aromatic carbocycles. The molecule has 0 spiro atoms. The largest absolute Gasteiger partial charge is 0.228 e. The van der Waals surface area contributed by atoms with Crippen LogP contribution in [0.4, 0.5) is 0 Å². The lowest BCUT2D eigenvalue weighted by Gasteiger charge is -2.22. The van der Waals surface area contributed by atoms with Crippen LogP contribution in [0.15, 0.2) is 194 Å². The number of hydrogen-bond donors (Lipinski definition) is 0. The molecule has 1 aliphatic carbocycles. The average Bonchev–Trinajstić information content (AvgIpc) is 3.77. The summed E-state index contributed by atoms with van der Waals surface area (Å²) in [6.45, 7) is 4.67. The van der Waals surface area contributed by atoms with Crippen molar-refractivity contribution < 1.29 is 0 Å². The van der Waals surface area contributed by atoms with Gasteiger partial charge in [-0.25, -0.2) is 9.97 Å². The lowest BCUT2D eigenvalue weighted by molar-refractivity contribution is 0.660. The molecule has 3 heteroatoms. The Morgan fingerprint density at radius 3 is 1.67 bits per heavy atom. The van der Waals surface area contributed by atoms with E-state index in [2.05, 4.69) is 202 Å². The highest BCUT2D eigenvalue weighted by molar-refractivity contribution is 7.25.